The zero-order valence-corrected chi connectivity index (χ0v) is 7.46. The van der Waals surface area contributed by atoms with Crippen molar-refractivity contribution in [1.82, 2.24) is 0 Å². The van der Waals surface area contributed by atoms with Crippen molar-refractivity contribution in [3.05, 3.63) is 11.6 Å². The Morgan fingerprint density at radius 1 is 1.42 bits per heavy atom. The molecule has 0 spiro atoms. The summed E-state index contributed by atoms with van der Waals surface area (Å²) in [5, 5.41) is 0. The molecule has 0 aromatic rings. The van der Waals surface area contributed by atoms with Gasteiger partial charge >= 0.3 is 0 Å². The van der Waals surface area contributed by atoms with E-state index in [9.17, 15) is 4.79 Å². The molecule has 3 heteroatoms. The molecular weight excluding hydrogens is 156 g/mol. The van der Waals surface area contributed by atoms with Crippen LogP contribution in [0.4, 0.5) is 0 Å². The van der Waals surface area contributed by atoms with Gasteiger partial charge in [-0.25, -0.2) is 0 Å². The van der Waals surface area contributed by atoms with Crippen molar-refractivity contribution in [3.8, 4) is 0 Å². The highest BCUT2D eigenvalue weighted by Gasteiger charge is 2.47. The van der Waals surface area contributed by atoms with Gasteiger partial charge in [0.25, 0.3) is 0 Å². The van der Waals surface area contributed by atoms with Crippen molar-refractivity contribution >= 4 is 5.78 Å². The number of ketones is 1. The highest BCUT2D eigenvalue weighted by Crippen LogP contribution is 2.34. The van der Waals surface area contributed by atoms with Crippen LogP contribution in [0.15, 0.2) is 11.6 Å². The molecule has 0 amide bonds. The summed E-state index contributed by atoms with van der Waals surface area (Å²) in [6.45, 7) is 5.43. The number of carbonyl (C=O) groups is 1. The van der Waals surface area contributed by atoms with E-state index in [4.69, 9.17) is 9.47 Å². The molecule has 0 aromatic carbocycles. The first-order valence-electron chi connectivity index (χ1n) is 4.08. The molecule has 1 heterocycles. The van der Waals surface area contributed by atoms with Crippen LogP contribution in [0.1, 0.15) is 20.8 Å². The van der Waals surface area contributed by atoms with Crippen molar-refractivity contribution in [2.75, 3.05) is 0 Å². The Kier molecular flexibility index (Phi) is 1.44. The fraction of sp³-hybridized carbons (Fsp3) is 0.667. The van der Waals surface area contributed by atoms with Gasteiger partial charge in [0.15, 0.2) is 17.7 Å². The van der Waals surface area contributed by atoms with Gasteiger partial charge in [0.2, 0.25) is 0 Å². The quantitative estimate of drug-likeness (QED) is 0.542. The van der Waals surface area contributed by atoms with Crippen molar-refractivity contribution < 1.29 is 14.3 Å². The van der Waals surface area contributed by atoms with Gasteiger partial charge < -0.3 is 9.47 Å². The summed E-state index contributed by atoms with van der Waals surface area (Å²) in [6.07, 6.45) is 1.29. The zero-order valence-electron chi connectivity index (χ0n) is 7.46. The van der Waals surface area contributed by atoms with Gasteiger partial charge in [-0.1, -0.05) is 0 Å². The summed E-state index contributed by atoms with van der Waals surface area (Å²) < 4.78 is 10.9. The van der Waals surface area contributed by atoms with E-state index in [-0.39, 0.29) is 18.0 Å². The van der Waals surface area contributed by atoms with E-state index in [0.29, 0.717) is 0 Å². The van der Waals surface area contributed by atoms with Gasteiger partial charge in [-0.15, -0.1) is 0 Å². The molecule has 1 fully saturated rings. The average Bonchev–Trinajstić information content (AvgIpc) is 2.33. The van der Waals surface area contributed by atoms with Crippen LogP contribution >= 0.6 is 0 Å². The Morgan fingerprint density at radius 2 is 2.08 bits per heavy atom. The maximum atomic E-state index is 11.4. The van der Waals surface area contributed by atoms with Gasteiger partial charge in [0.1, 0.15) is 6.10 Å². The second kappa shape index (κ2) is 2.18. The number of carbonyl (C=O) groups excluding carboxylic acids is 1. The van der Waals surface area contributed by atoms with Gasteiger partial charge in [-0.3, -0.25) is 4.79 Å². The molecule has 1 aliphatic heterocycles. The first-order chi connectivity index (χ1) is 5.49. The van der Waals surface area contributed by atoms with E-state index >= 15 is 0 Å². The predicted octanol–water partition coefficient (Wildman–Crippen LogP) is 1.04. The molecule has 3 nitrogen and oxygen atoms in total. The van der Waals surface area contributed by atoms with Crippen LogP contribution < -0.4 is 0 Å². The molecule has 0 radical (unpaired) electrons. The lowest BCUT2D eigenvalue weighted by molar-refractivity contribution is -0.153. The topological polar surface area (TPSA) is 35.5 Å². The lowest BCUT2D eigenvalue weighted by Crippen LogP contribution is -2.26. The summed E-state index contributed by atoms with van der Waals surface area (Å²) in [6, 6.07) is 0. The van der Waals surface area contributed by atoms with Crippen LogP contribution in [-0.2, 0) is 14.3 Å². The van der Waals surface area contributed by atoms with E-state index in [0.717, 1.165) is 5.57 Å². The monoisotopic (exact) mass is 168 g/mol. The number of Topliss-reactive ketones (excluding diaryl/α,β-unsaturated/α-hetero) is 1. The van der Waals surface area contributed by atoms with Crippen molar-refractivity contribution in [1.29, 1.82) is 0 Å². The second-order valence-electron chi connectivity index (χ2n) is 3.73. The summed E-state index contributed by atoms with van der Waals surface area (Å²) >= 11 is 0. The van der Waals surface area contributed by atoms with E-state index in [1.54, 1.807) is 6.92 Å². The SMILES string of the molecule is CC1=C[C@@H]2OC(C)(C)O[C@@H]2C1=O. The maximum absolute atomic E-state index is 11.4. The molecule has 2 aliphatic rings. The van der Waals surface area contributed by atoms with E-state index in [1.165, 1.54) is 0 Å². The highest BCUT2D eigenvalue weighted by molar-refractivity contribution is 6.01. The summed E-state index contributed by atoms with van der Waals surface area (Å²) in [4.78, 5) is 11.4. The van der Waals surface area contributed by atoms with Crippen LogP contribution in [0.3, 0.4) is 0 Å². The van der Waals surface area contributed by atoms with Crippen LogP contribution in [0.2, 0.25) is 0 Å². The maximum Gasteiger partial charge on any atom is 0.190 e. The number of ether oxygens (including phenoxy) is 2. The third-order valence-electron chi connectivity index (χ3n) is 2.19. The Labute approximate surface area is 71.3 Å². The van der Waals surface area contributed by atoms with Gasteiger partial charge in [0.05, 0.1) is 0 Å². The molecule has 1 aliphatic carbocycles. The molecule has 12 heavy (non-hydrogen) atoms. The summed E-state index contributed by atoms with van der Waals surface area (Å²) in [5.74, 6) is -0.548. The number of hydrogen-bond acceptors (Lipinski definition) is 3. The minimum atomic E-state index is -0.609. The van der Waals surface area contributed by atoms with Crippen LogP contribution in [0, 0.1) is 0 Å². The lowest BCUT2D eigenvalue weighted by Gasteiger charge is -2.17. The summed E-state index contributed by atoms with van der Waals surface area (Å²) in [5.41, 5.74) is 0.750. The van der Waals surface area contributed by atoms with E-state index in [2.05, 4.69) is 0 Å². The Balaban J connectivity index is 2.25. The van der Waals surface area contributed by atoms with E-state index < -0.39 is 5.79 Å². The van der Waals surface area contributed by atoms with Gasteiger partial charge in [0, 0.05) is 0 Å². The van der Waals surface area contributed by atoms with Crippen molar-refractivity contribution in [2.24, 2.45) is 0 Å². The minimum absolute atomic E-state index is 0.0607. The fourth-order valence-electron chi connectivity index (χ4n) is 1.67. The van der Waals surface area contributed by atoms with Crippen LogP contribution in [0.25, 0.3) is 0 Å². The molecule has 1 saturated heterocycles. The molecule has 2 rings (SSSR count). The standard InChI is InChI=1S/C9H12O3/c1-5-4-6-8(7(5)10)12-9(2,3)11-6/h4,6,8H,1-3H3/t6-,8-/m0/s1. The smallest absolute Gasteiger partial charge is 0.190 e. The molecular formula is C9H12O3. The van der Waals surface area contributed by atoms with Crippen molar-refractivity contribution in [3.63, 3.8) is 0 Å². The Hall–Kier alpha value is -0.670. The molecule has 66 valence electrons. The average molecular weight is 168 g/mol. The predicted molar refractivity (Wildman–Crippen MR) is 42.6 cm³/mol. The molecule has 0 bridgehead atoms. The minimum Gasteiger partial charge on any atom is -0.340 e. The van der Waals surface area contributed by atoms with Crippen molar-refractivity contribution in [2.45, 2.75) is 38.8 Å². The van der Waals surface area contributed by atoms with Crippen LogP contribution in [0.5, 0.6) is 0 Å². The third-order valence-corrected chi connectivity index (χ3v) is 2.19. The highest BCUT2D eigenvalue weighted by atomic mass is 16.8. The zero-order chi connectivity index (χ0) is 8.93. The lowest BCUT2D eigenvalue weighted by atomic mass is 10.2. The third kappa shape index (κ3) is 1.01. The van der Waals surface area contributed by atoms with Gasteiger partial charge in [-0.2, -0.15) is 0 Å². The first kappa shape index (κ1) is 7.95. The molecule has 0 aromatic heterocycles. The fourth-order valence-corrected chi connectivity index (χ4v) is 1.67. The Bertz CT molecular complexity index is 265. The van der Waals surface area contributed by atoms with E-state index in [1.807, 2.05) is 19.9 Å². The second-order valence-corrected chi connectivity index (χ2v) is 3.73. The molecule has 2 atom stereocenters. The molecule has 0 saturated carbocycles. The largest absolute Gasteiger partial charge is 0.340 e. The number of rotatable bonds is 0. The Morgan fingerprint density at radius 3 is 2.67 bits per heavy atom. The number of fused-ring (bicyclic) bond motifs is 1. The molecule has 0 unspecified atom stereocenters. The van der Waals surface area contributed by atoms with Gasteiger partial charge in [-0.05, 0) is 32.4 Å². The number of hydrogen-bond donors (Lipinski definition) is 0. The normalized spacial score (nSPS) is 38.2. The first-order valence-corrected chi connectivity index (χ1v) is 4.08. The molecule has 0 N–H and O–H groups in total. The van der Waals surface area contributed by atoms with Crippen LogP contribution in [-0.4, -0.2) is 23.8 Å². The summed E-state index contributed by atoms with van der Waals surface area (Å²) in [7, 11) is 0.